The van der Waals surface area contributed by atoms with Gasteiger partial charge in [0.2, 0.25) is 0 Å². The van der Waals surface area contributed by atoms with E-state index < -0.39 is 5.60 Å². The Labute approximate surface area is 159 Å². The third-order valence-electron chi connectivity index (χ3n) is 4.79. The molecule has 0 saturated carbocycles. The van der Waals surface area contributed by atoms with Crippen LogP contribution < -0.4 is 0 Å². The monoisotopic (exact) mass is 373 g/mol. The van der Waals surface area contributed by atoms with Crippen LogP contribution in [0.1, 0.15) is 43.1 Å². The van der Waals surface area contributed by atoms with Gasteiger partial charge in [-0.15, -0.1) is 0 Å². The van der Waals surface area contributed by atoms with Gasteiger partial charge in [-0.05, 0) is 57.7 Å². The highest BCUT2D eigenvalue weighted by molar-refractivity contribution is 5.97. The van der Waals surface area contributed by atoms with E-state index in [0.29, 0.717) is 24.6 Å². The number of ether oxygens (including phenoxy) is 2. The van der Waals surface area contributed by atoms with Crippen molar-refractivity contribution in [2.24, 2.45) is 5.92 Å². The van der Waals surface area contributed by atoms with Crippen molar-refractivity contribution in [3.8, 4) is 0 Å². The zero-order valence-electron chi connectivity index (χ0n) is 16.6. The Kier molecular flexibility index (Phi) is 5.13. The summed E-state index contributed by atoms with van der Waals surface area (Å²) in [5.74, 6) is -0.0156. The van der Waals surface area contributed by atoms with Crippen LogP contribution in [0.25, 0.3) is 10.9 Å². The number of hydrogen-bond acceptors (Lipinski definition) is 5. The van der Waals surface area contributed by atoms with E-state index in [0.717, 1.165) is 29.4 Å². The van der Waals surface area contributed by atoms with E-state index in [1.807, 2.05) is 44.6 Å². The van der Waals surface area contributed by atoms with E-state index in [1.165, 1.54) is 7.11 Å². The molecule has 1 aliphatic heterocycles. The average Bonchev–Trinajstić information content (AvgIpc) is 3.20. The quantitative estimate of drug-likeness (QED) is 0.771. The lowest BCUT2D eigenvalue weighted by Gasteiger charge is -2.24. The first kappa shape index (κ1) is 19.2. The second-order valence-electron chi connectivity index (χ2n) is 8.09. The predicted molar refractivity (Wildman–Crippen MR) is 102 cm³/mol. The van der Waals surface area contributed by atoms with Crippen LogP contribution in [0.4, 0.5) is 4.79 Å². The Morgan fingerprint density at radius 1 is 1.30 bits per heavy atom. The number of aryl methyl sites for hydroxylation is 1. The lowest BCUT2D eigenvalue weighted by Crippen LogP contribution is -2.35. The van der Waals surface area contributed by atoms with Gasteiger partial charge in [0.1, 0.15) is 5.60 Å². The fourth-order valence-corrected chi connectivity index (χ4v) is 3.44. The Morgan fingerprint density at radius 3 is 2.70 bits per heavy atom. The Morgan fingerprint density at radius 2 is 2.04 bits per heavy atom. The molecule has 2 heterocycles. The third-order valence-corrected chi connectivity index (χ3v) is 4.79. The molecule has 0 bridgehead atoms. The van der Waals surface area contributed by atoms with Gasteiger partial charge in [-0.25, -0.2) is 9.59 Å². The minimum absolute atomic E-state index is 0.255. The van der Waals surface area contributed by atoms with Gasteiger partial charge in [-0.2, -0.15) is 5.10 Å². The molecule has 0 spiro atoms. The maximum Gasteiger partial charge on any atom is 0.410 e. The van der Waals surface area contributed by atoms with E-state index >= 15 is 0 Å². The van der Waals surface area contributed by atoms with Gasteiger partial charge in [0, 0.05) is 31.2 Å². The third kappa shape index (κ3) is 4.23. The molecule has 1 aliphatic rings. The van der Waals surface area contributed by atoms with E-state index in [-0.39, 0.29) is 12.1 Å². The van der Waals surface area contributed by atoms with Crippen LogP contribution in [0.3, 0.4) is 0 Å². The largest absolute Gasteiger partial charge is 0.465 e. The first-order valence-corrected chi connectivity index (χ1v) is 9.21. The van der Waals surface area contributed by atoms with Crippen LogP contribution in [0, 0.1) is 12.8 Å². The van der Waals surface area contributed by atoms with Crippen molar-refractivity contribution in [3.63, 3.8) is 0 Å². The molecule has 1 aromatic heterocycles. The van der Waals surface area contributed by atoms with Gasteiger partial charge in [0.25, 0.3) is 0 Å². The predicted octanol–water partition coefficient (Wildman–Crippen LogP) is 3.39. The molecule has 2 aromatic rings. The number of nitrogens with zero attached hydrogens (tertiary/aromatic N) is 3. The molecule has 146 valence electrons. The molecular weight excluding hydrogens is 346 g/mol. The molecule has 1 fully saturated rings. The number of benzene rings is 1. The second kappa shape index (κ2) is 7.21. The molecule has 1 atom stereocenters. The number of aromatic nitrogens is 2. The minimum Gasteiger partial charge on any atom is -0.465 e. The molecule has 0 radical (unpaired) electrons. The lowest BCUT2D eigenvalue weighted by molar-refractivity contribution is 0.0286. The standard InChI is InChI=1S/C20H27N3O4/c1-13-15(18(24)26-5)6-7-17-16(13)12-23(21-17)11-14-8-9-22(10-14)19(25)27-20(2,3)4/h6-7,12,14H,8-11H2,1-5H3/t14-/m1/s1. The summed E-state index contributed by atoms with van der Waals surface area (Å²) in [4.78, 5) is 25.8. The summed E-state index contributed by atoms with van der Waals surface area (Å²) < 4.78 is 12.2. The number of likely N-dealkylation sites (tertiary alicyclic amines) is 1. The molecule has 27 heavy (non-hydrogen) atoms. The van der Waals surface area contributed by atoms with Gasteiger partial charge in [-0.3, -0.25) is 4.68 Å². The van der Waals surface area contributed by atoms with Crippen LogP contribution >= 0.6 is 0 Å². The van der Waals surface area contributed by atoms with Crippen molar-refractivity contribution >= 4 is 23.0 Å². The van der Waals surface area contributed by atoms with Crippen LogP contribution in [0.5, 0.6) is 0 Å². The van der Waals surface area contributed by atoms with Gasteiger partial charge in [0.05, 0.1) is 18.2 Å². The highest BCUT2D eigenvalue weighted by Gasteiger charge is 2.30. The number of esters is 1. The van der Waals surface area contributed by atoms with Crippen molar-refractivity contribution in [2.75, 3.05) is 20.2 Å². The fourth-order valence-electron chi connectivity index (χ4n) is 3.44. The van der Waals surface area contributed by atoms with E-state index in [2.05, 4.69) is 5.10 Å². The van der Waals surface area contributed by atoms with E-state index in [9.17, 15) is 9.59 Å². The van der Waals surface area contributed by atoms with Crippen molar-refractivity contribution in [1.29, 1.82) is 0 Å². The topological polar surface area (TPSA) is 73.7 Å². The first-order valence-electron chi connectivity index (χ1n) is 9.21. The Balaban J connectivity index is 1.70. The number of amides is 1. The maximum atomic E-state index is 12.2. The van der Waals surface area contributed by atoms with Gasteiger partial charge < -0.3 is 14.4 Å². The summed E-state index contributed by atoms with van der Waals surface area (Å²) in [6.07, 6.45) is 2.63. The normalized spacial score (nSPS) is 17.4. The summed E-state index contributed by atoms with van der Waals surface area (Å²) in [5.41, 5.74) is 1.79. The summed E-state index contributed by atoms with van der Waals surface area (Å²) >= 11 is 0. The molecule has 3 rings (SSSR count). The number of methoxy groups -OCH3 is 1. The second-order valence-corrected chi connectivity index (χ2v) is 8.09. The van der Waals surface area contributed by atoms with Gasteiger partial charge >= 0.3 is 12.1 Å². The van der Waals surface area contributed by atoms with Gasteiger partial charge in [-0.1, -0.05) is 0 Å². The van der Waals surface area contributed by atoms with Crippen LogP contribution in [0.2, 0.25) is 0 Å². The van der Waals surface area contributed by atoms with Crippen LogP contribution in [-0.2, 0) is 16.0 Å². The van der Waals surface area contributed by atoms with Crippen LogP contribution in [-0.4, -0.2) is 52.5 Å². The number of carbonyl (C=O) groups is 2. The number of rotatable bonds is 3. The Hall–Kier alpha value is -2.57. The van der Waals surface area contributed by atoms with Gasteiger partial charge in [0.15, 0.2) is 0 Å². The smallest absolute Gasteiger partial charge is 0.410 e. The highest BCUT2D eigenvalue weighted by atomic mass is 16.6. The SMILES string of the molecule is COC(=O)c1ccc2nn(C[C@@H]3CCN(C(=O)OC(C)(C)C)C3)cc2c1C. The van der Waals surface area contributed by atoms with E-state index in [4.69, 9.17) is 9.47 Å². The number of hydrogen-bond donors (Lipinski definition) is 0. The summed E-state index contributed by atoms with van der Waals surface area (Å²) in [7, 11) is 1.38. The lowest BCUT2D eigenvalue weighted by atomic mass is 10.1. The molecule has 0 aliphatic carbocycles. The number of carbonyl (C=O) groups excluding carboxylic acids is 2. The fraction of sp³-hybridized carbons (Fsp3) is 0.550. The summed E-state index contributed by atoms with van der Waals surface area (Å²) in [5, 5.41) is 5.57. The molecule has 1 aromatic carbocycles. The van der Waals surface area contributed by atoms with Crippen LogP contribution in [0.15, 0.2) is 18.3 Å². The molecular formula is C20H27N3O4. The van der Waals surface area contributed by atoms with E-state index in [1.54, 1.807) is 11.0 Å². The summed E-state index contributed by atoms with van der Waals surface area (Å²) in [6, 6.07) is 3.59. The Bertz CT molecular complexity index is 866. The van der Waals surface area contributed by atoms with Crippen molar-refractivity contribution in [3.05, 3.63) is 29.5 Å². The van der Waals surface area contributed by atoms with Crippen molar-refractivity contribution in [1.82, 2.24) is 14.7 Å². The first-order chi connectivity index (χ1) is 12.7. The zero-order valence-corrected chi connectivity index (χ0v) is 16.6. The minimum atomic E-state index is -0.482. The average molecular weight is 373 g/mol. The number of fused-ring (bicyclic) bond motifs is 1. The molecule has 1 saturated heterocycles. The molecule has 0 N–H and O–H groups in total. The molecule has 1 amide bonds. The van der Waals surface area contributed by atoms with Crippen molar-refractivity contribution in [2.45, 2.75) is 46.3 Å². The summed E-state index contributed by atoms with van der Waals surface area (Å²) in [6.45, 7) is 9.61. The molecule has 7 heteroatoms. The maximum absolute atomic E-state index is 12.2. The highest BCUT2D eigenvalue weighted by Crippen LogP contribution is 2.24. The molecule has 0 unspecified atom stereocenters. The molecule has 7 nitrogen and oxygen atoms in total. The van der Waals surface area contributed by atoms with Crippen molar-refractivity contribution < 1.29 is 19.1 Å². The zero-order chi connectivity index (χ0) is 19.8.